The molecule has 0 radical (unpaired) electrons. The van der Waals surface area contributed by atoms with Crippen LogP contribution in [0.5, 0.6) is 5.75 Å². The van der Waals surface area contributed by atoms with Gasteiger partial charge in [0.2, 0.25) is 0 Å². The van der Waals surface area contributed by atoms with Gasteiger partial charge < -0.3 is 15.3 Å². The maximum atomic E-state index is 14.8. The van der Waals surface area contributed by atoms with Gasteiger partial charge in [-0.15, -0.1) is 0 Å². The maximum Gasteiger partial charge on any atom is 0.352 e. The number of hydrogen-bond acceptors (Lipinski definition) is 7. The fourth-order valence-corrected chi connectivity index (χ4v) is 8.94. The number of nitrogens with zero attached hydrogens (tertiary/aromatic N) is 5. The zero-order chi connectivity index (χ0) is 31.3. The molecule has 4 aromatic rings. The molecule has 2 aromatic carbocycles. The van der Waals surface area contributed by atoms with Gasteiger partial charge in [-0.1, -0.05) is 45.4 Å². The molecule has 5 atom stereocenters. The largest absolute Gasteiger partial charge is 0.508 e. The molecule has 8 rings (SSSR count). The van der Waals surface area contributed by atoms with Crippen LogP contribution in [0.4, 0.5) is 10.1 Å². The number of piperidine rings is 1. The lowest BCUT2D eigenvalue weighted by Gasteiger charge is -2.35. The molecule has 4 unspecified atom stereocenters. The van der Waals surface area contributed by atoms with Crippen LogP contribution < -0.4 is 15.9 Å². The number of aromatic hydroxyl groups is 1. The summed E-state index contributed by atoms with van der Waals surface area (Å²) in [5.74, 6) is 1.01. The highest BCUT2D eigenvalue weighted by atomic mass is 35.5. The summed E-state index contributed by atoms with van der Waals surface area (Å²) < 4.78 is 16.5. The maximum absolute atomic E-state index is 14.8. The Morgan fingerprint density at radius 3 is 2.58 bits per heavy atom. The lowest BCUT2D eigenvalue weighted by Crippen LogP contribution is -2.39. The predicted octanol–water partition coefficient (Wildman–Crippen LogP) is 6.34. The third-order valence-electron chi connectivity index (χ3n) is 10.7. The van der Waals surface area contributed by atoms with Crippen molar-refractivity contribution in [2.75, 3.05) is 11.4 Å². The number of aromatic nitrogens is 4. The summed E-state index contributed by atoms with van der Waals surface area (Å²) in [6.45, 7) is 9.28. The van der Waals surface area contributed by atoms with Gasteiger partial charge in [-0.2, -0.15) is 4.98 Å². The first-order chi connectivity index (χ1) is 21.6. The Labute approximate surface area is 266 Å². The summed E-state index contributed by atoms with van der Waals surface area (Å²) in [6, 6.07) is 7.27. The van der Waals surface area contributed by atoms with Crippen LogP contribution in [0.3, 0.4) is 0 Å². The highest BCUT2D eigenvalue weighted by Gasteiger charge is 2.61. The van der Waals surface area contributed by atoms with E-state index in [1.54, 1.807) is 29.1 Å². The van der Waals surface area contributed by atoms with Gasteiger partial charge in [-0.25, -0.2) is 19.2 Å². The molecular weight excluding hydrogens is 591 g/mol. The van der Waals surface area contributed by atoms with Crippen LogP contribution in [-0.2, 0) is 13.0 Å². The van der Waals surface area contributed by atoms with Gasteiger partial charge in [0, 0.05) is 36.0 Å². The van der Waals surface area contributed by atoms with Gasteiger partial charge in [-0.3, -0.25) is 4.57 Å². The van der Waals surface area contributed by atoms with E-state index in [-0.39, 0.29) is 34.2 Å². The standard InChI is InChI=1S/C35H38ClFN6O2/c1-16(2)31-34(32(17(3)4)39-15-38-31)43-26-14-42(25-13-20(44)11-18-5-7-23(37)30(36)27(18)25)10-9-21(26)33(41-35(43)45)29-22-12-19-6-8-24(40-19)28(22)29/h5,7,11,13,15-17,19,22,24,28-29,40,44H,6,8-10,12,14H2,1-4H3/t19?,22?,24?,28-,29?/m0/s1. The normalized spacial score (nSPS) is 25.2. The quantitative estimate of drug-likeness (QED) is 0.266. The first kappa shape index (κ1) is 28.9. The second-order valence-corrected chi connectivity index (χ2v) is 14.4. The van der Waals surface area contributed by atoms with Crippen LogP contribution in [0.25, 0.3) is 16.5 Å². The molecule has 3 fully saturated rings. The Morgan fingerprint density at radius 2 is 1.84 bits per heavy atom. The Kier molecular flexibility index (Phi) is 6.73. The van der Waals surface area contributed by atoms with Crippen molar-refractivity contribution >= 4 is 28.1 Å². The van der Waals surface area contributed by atoms with Crippen LogP contribution in [0.2, 0.25) is 5.02 Å². The van der Waals surface area contributed by atoms with Crippen molar-refractivity contribution in [1.82, 2.24) is 24.8 Å². The Hall–Kier alpha value is -3.56. The predicted molar refractivity (Wildman–Crippen MR) is 173 cm³/mol. The number of benzene rings is 2. The van der Waals surface area contributed by atoms with Crippen LogP contribution in [0.1, 0.15) is 93.1 Å². The number of phenols is 1. The van der Waals surface area contributed by atoms with E-state index in [4.69, 9.17) is 16.6 Å². The van der Waals surface area contributed by atoms with Gasteiger partial charge in [0.05, 0.1) is 45.7 Å². The number of rotatable bonds is 5. The van der Waals surface area contributed by atoms with Crippen molar-refractivity contribution in [2.24, 2.45) is 11.8 Å². The molecule has 45 heavy (non-hydrogen) atoms. The van der Waals surface area contributed by atoms with Crippen molar-refractivity contribution in [1.29, 1.82) is 0 Å². The molecule has 1 aliphatic carbocycles. The molecule has 1 saturated carbocycles. The molecule has 2 N–H and O–H groups in total. The van der Waals surface area contributed by atoms with E-state index in [1.165, 1.54) is 18.9 Å². The molecule has 10 heteroatoms. The lowest BCUT2D eigenvalue weighted by atomic mass is 9.95. The molecular formula is C35H38ClFN6O2. The van der Waals surface area contributed by atoms with E-state index < -0.39 is 5.82 Å². The Morgan fingerprint density at radius 1 is 1.09 bits per heavy atom. The van der Waals surface area contributed by atoms with Crippen LogP contribution in [0.15, 0.2) is 35.4 Å². The van der Waals surface area contributed by atoms with Crippen molar-refractivity contribution in [3.05, 3.63) is 80.3 Å². The van der Waals surface area contributed by atoms with Gasteiger partial charge in [-0.05, 0) is 72.4 Å². The zero-order valence-electron chi connectivity index (χ0n) is 26.0. The third-order valence-corrected chi connectivity index (χ3v) is 11.0. The Bertz CT molecular complexity index is 1900. The number of nitrogens with one attached hydrogen (secondary N) is 1. The minimum absolute atomic E-state index is 0.0198. The molecule has 234 valence electrons. The van der Waals surface area contributed by atoms with E-state index in [2.05, 4.69) is 47.9 Å². The van der Waals surface area contributed by atoms with Gasteiger partial charge in [0.1, 0.15) is 17.9 Å². The number of halogens is 2. The van der Waals surface area contributed by atoms with Gasteiger partial charge in [0.15, 0.2) is 0 Å². The zero-order valence-corrected chi connectivity index (χ0v) is 26.8. The molecule has 2 aromatic heterocycles. The molecule has 2 bridgehead atoms. The minimum atomic E-state index is -0.513. The highest BCUT2D eigenvalue weighted by Crippen LogP contribution is 2.63. The van der Waals surface area contributed by atoms with Gasteiger partial charge >= 0.3 is 5.69 Å². The van der Waals surface area contributed by atoms with Gasteiger partial charge in [0.25, 0.3) is 0 Å². The summed E-state index contributed by atoms with van der Waals surface area (Å²) in [5.41, 5.74) is 5.58. The van der Waals surface area contributed by atoms with Crippen molar-refractivity contribution in [3.63, 3.8) is 0 Å². The number of anilines is 1. The van der Waals surface area contributed by atoms with E-state index in [0.29, 0.717) is 65.6 Å². The summed E-state index contributed by atoms with van der Waals surface area (Å²) in [7, 11) is 0. The molecule has 4 aliphatic rings. The van der Waals surface area contributed by atoms with E-state index >= 15 is 0 Å². The number of hydrogen-bond donors (Lipinski definition) is 2. The fourth-order valence-electron chi connectivity index (χ4n) is 8.67. The average molecular weight is 629 g/mol. The van der Waals surface area contributed by atoms with Crippen molar-refractivity contribution in [3.8, 4) is 11.4 Å². The second kappa shape index (κ2) is 10.5. The van der Waals surface area contributed by atoms with Crippen molar-refractivity contribution < 1.29 is 9.50 Å². The monoisotopic (exact) mass is 628 g/mol. The third kappa shape index (κ3) is 4.48. The van der Waals surface area contributed by atoms with Crippen LogP contribution in [0, 0.1) is 17.7 Å². The molecule has 2 saturated heterocycles. The highest BCUT2D eigenvalue weighted by molar-refractivity contribution is 6.36. The SMILES string of the molecule is CC(C)c1ncnc(C(C)C)c1-n1c2c(c(C3C4CC5CCC(N5)[C@H]43)nc1=O)CCN(c1cc(O)cc3ccc(F)c(Cl)c13)C2. The summed E-state index contributed by atoms with van der Waals surface area (Å²) in [4.78, 5) is 30.8. The van der Waals surface area contributed by atoms with E-state index in [9.17, 15) is 14.3 Å². The minimum Gasteiger partial charge on any atom is -0.508 e. The molecule has 0 amide bonds. The van der Waals surface area contributed by atoms with E-state index in [1.807, 2.05) is 0 Å². The smallest absolute Gasteiger partial charge is 0.352 e. The molecule has 0 spiro atoms. The summed E-state index contributed by atoms with van der Waals surface area (Å²) >= 11 is 6.57. The fraction of sp³-hybridized carbons (Fsp3) is 0.486. The summed E-state index contributed by atoms with van der Waals surface area (Å²) in [5, 5.41) is 15.7. The average Bonchev–Trinajstić information content (AvgIpc) is 3.61. The number of phenolic OH excluding ortho intramolecular Hbond substituents is 1. The molecule has 3 aliphatic heterocycles. The molecule has 5 heterocycles. The first-order valence-corrected chi connectivity index (χ1v) is 16.6. The molecule has 8 nitrogen and oxygen atoms in total. The van der Waals surface area contributed by atoms with Crippen LogP contribution in [-0.4, -0.2) is 43.3 Å². The second-order valence-electron chi connectivity index (χ2n) is 14.0. The van der Waals surface area contributed by atoms with Crippen LogP contribution >= 0.6 is 11.6 Å². The first-order valence-electron chi connectivity index (χ1n) is 16.2. The van der Waals surface area contributed by atoms with Crippen molar-refractivity contribution in [2.45, 2.75) is 89.8 Å². The number of fused-ring (bicyclic) bond motifs is 6. The topological polar surface area (TPSA) is 96.2 Å². The summed E-state index contributed by atoms with van der Waals surface area (Å²) in [6.07, 6.45) is 5.80. The van der Waals surface area contributed by atoms with E-state index in [0.717, 1.165) is 34.8 Å². The lowest BCUT2D eigenvalue weighted by molar-refractivity contribution is 0.387. The Balaban J connectivity index is 1.34.